The molecule has 0 fully saturated rings. The summed E-state index contributed by atoms with van der Waals surface area (Å²) in [6.07, 6.45) is 2.71. The van der Waals surface area contributed by atoms with Gasteiger partial charge in [-0.2, -0.15) is 5.10 Å². The van der Waals surface area contributed by atoms with Crippen LogP contribution in [0, 0.1) is 0 Å². The van der Waals surface area contributed by atoms with Crippen molar-refractivity contribution in [3.8, 4) is 0 Å². The third kappa shape index (κ3) is 4.83. The van der Waals surface area contributed by atoms with Crippen LogP contribution < -0.4 is 4.72 Å². The van der Waals surface area contributed by atoms with E-state index in [9.17, 15) is 13.5 Å². The number of halogens is 3. The number of hydrogen-bond acceptors (Lipinski definition) is 5. The lowest BCUT2D eigenvalue weighted by Gasteiger charge is -2.29. The van der Waals surface area contributed by atoms with Crippen LogP contribution in [0.3, 0.4) is 0 Å². The van der Waals surface area contributed by atoms with Crippen molar-refractivity contribution in [2.45, 2.75) is 17.0 Å². The van der Waals surface area contributed by atoms with E-state index in [2.05, 4.69) is 14.8 Å². The maximum Gasteiger partial charge on any atom is 0.240 e. The molecule has 1 unspecified atom stereocenters. The Morgan fingerprint density at radius 2 is 1.75 bits per heavy atom. The highest BCUT2D eigenvalue weighted by Crippen LogP contribution is 2.32. The van der Waals surface area contributed by atoms with E-state index >= 15 is 0 Å². The van der Waals surface area contributed by atoms with Gasteiger partial charge in [-0.15, -0.1) is 0 Å². The van der Waals surface area contributed by atoms with E-state index in [1.165, 1.54) is 53.7 Å². The molecule has 1 aromatic heterocycles. The van der Waals surface area contributed by atoms with Crippen LogP contribution in [-0.4, -0.2) is 34.8 Å². The van der Waals surface area contributed by atoms with Gasteiger partial charge < -0.3 is 5.11 Å². The molecule has 148 valence electrons. The molecule has 0 aliphatic carbocycles. The Hall–Kier alpha value is -1.68. The van der Waals surface area contributed by atoms with E-state index in [4.69, 9.17) is 34.8 Å². The van der Waals surface area contributed by atoms with Crippen LogP contribution >= 0.6 is 34.8 Å². The lowest BCUT2D eigenvalue weighted by atomic mass is 9.94. The van der Waals surface area contributed by atoms with E-state index in [-0.39, 0.29) is 23.0 Å². The van der Waals surface area contributed by atoms with Gasteiger partial charge in [-0.3, -0.25) is 0 Å². The fraction of sp³-hybridized carbons (Fsp3) is 0.176. The minimum atomic E-state index is -3.90. The van der Waals surface area contributed by atoms with Crippen molar-refractivity contribution in [3.63, 3.8) is 0 Å². The summed E-state index contributed by atoms with van der Waals surface area (Å²) in [4.78, 5) is 3.85. The van der Waals surface area contributed by atoms with Crippen LogP contribution in [0.15, 0.2) is 60.0 Å². The number of nitrogens with one attached hydrogen (secondary N) is 1. The van der Waals surface area contributed by atoms with Gasteiger partial charge in [-0.1, -0.05) is 40.9 Å². The average molecular weight is 462 g/mol. The second-order valence-corrected chi connectivity index (χ2v) is 9.07. The SMILES string of the molecule is O=S(=O)(NCC(O)(Cn1cncn1)c1ccc(Cl)cc1Cl)c1ccc(Cl)cc1. The van der Waals surface area contributed by atoms with E-state index in [0.29, 0.717) is 15.6 Å². The first-order chi connectivity index (χ1) is 13.2. The van der Waals surface area contributed by atoms with Crippen LogP contribution in [0.25, 0.3) is 0 Å². The van der Waals surface area contributed by atoms with Crippen LogP contribution in [-0.2, 0) is 22.2 Å². The molecular formula is C17H15Cl3N4O3S. The molecule has 0 saturated carbocycles. The fourth-order valence-electron chi connectivity index (χ4n) is 2.60. The standard InChI is InChI=1S/C17H15Cl3N4O3S/c18-12-1-4-14(5-2-12)28(26,27)23-8-17(25,9-24-11-21-10-22-24)15-6-3-13(19)7-16(15)20/h1-7,10-11,23,25H,8-9H2. The first kappa shape index (κ1) is 21.0. The highest BCUT2D eigenvalue weighted by Gasteiger charge is 2.34. The van der Waals surface area contributed by atoms with Gasteiger partial charge in [0.2, 0.25) is 10.0 Å². The minimum Gasteiger partial charge on any atom is -0.382 e. The van der Waals surface area contributed by atoms with Crippen LogP contribution in [0.2, 0.25) is 15.1 Å². The molecule has 0 saturated heterocycles. The lowest BCUT2D eigenvalue weighted by Crippen LogP contribution is -2.44. The van der Waals surface area contributed by atoms with Gasteiger partial charge in [0.1, 0.15) is 18.3 Å². The van der Waals surface area contributed by atoms with Gasteiger partial charge in [0.05, 0.1) is 11.4 Å². The Balaban J connectivity index is 1.92. The number of nitrogens with zero attached hydrogens (tertiary/aromatic N) is 3. The average Bonchev–Trinajstić information content (AvgIpc) is 3.13. The highest BCUT2D eigenvalue weighted by molar-refractivity contribution is 7.89. The van der Waals surface area contributed by atoms with Crippen molar-refractivity contribution in [1.82, 2.24) is 19.5 Å². The van der Waals surface area contributed by atoms with Gasteiger partial charge in [-0.25, -0.2) is 22.8 Å². The maximum absolute atomic E-state index is 12.6. The predicted octanol–water partition coefficient (Wildman–Crippen LogP) is 3.10. The molecule has 2 aromatic carbocycles. The quantitative estimate of drug-likeness (QED) is 0.563. The largest absolute Gasteiger partial charge is 0.382 e. The highest BCUT2D eigenvalue weighted by atomic mass is 35.5. The summed E-state index contributed by atoms with van der Waals surface area (Å²) >= 11 is 18.0. The lowest BCUT2D eigenvalue weighted by molar-refractivity contribution is 0.0204. The van der Waals surface area contributed by atoms with Crippen LogP contribution in [0.1, 0.15) is 5.56 Å². The van der Waals surface area contributed by atoms with Crippen molar-refractivity contribution in [2.24, 2.45) is 0 Å². The minimum absolute atomic E-state index is 0.0159. The Labute approximate surface area is 176 Å². The van der Waals surface area contributed by atoms with E-state index in [0.717, 1.165) is 0 Å². The van der Waals surface area contributed by atoms with Gasteiger partial charge in [0, 0.05) is 27.2 Å². The molecule has 7 nitrogen and oxygen atoms in total. The number of aliphatic hydroxyl groups is 1. The number of benzene rings is 2. The predicted molar refractivity (Wildman–Crippen MR) is 107 cm³/mol. The Morgan fingerprint density at radius 3 is 2.36 bits per heavy atom. The van der Waals surface area contributed by atoms with E-state index in [1.54, 1.807) is 6.07 Å². The molecule has 1 atom stereocenters. The van der Waals surface area contributed by atoms with Crippen molar-refractivity contribution in [1.29, 1.82) is 0 Å². The normalized spacial score (nSPS) is 14.0. The third-order valence-corrected chi connectivity index (χ3v) is 6.22. The third-order valence-electron chi connectivity index (χ3n) is 4.00. The molecule has 0 spiro atoms. The number of sulfonamides is 1. The van der Waals surface area contributed by atoms with Crippen LogP contribution in [0.4, 0.5) is 0 Å². The Morgan fingerprint density at radius 1 is 1.07 bits per heavy atom. The van der Waals surface area contributed by atoms with Crippen molar-refractivity contribution in [3.05, 3.63) is 75.8 Å². The monoisotopic (exact) mass is 460 g/mol. The summed E-state index contributed by atoms with van der Waals surface area (Å²) in [6, 6.07) is 10.2. The number of rotatable bonds is 7. The zero-order valence-corrected chi connectivity index (χ0v) is 17.3. The van der Waals surface area contributed by atoms with Crippen molar-refractivity contribution < 1.29 is 13.5 Å². The molecule has 0 amide bonds. The zero-order chi connectivity index (χ0) is 20.4. The van der Waals surface area contributed by atoms with Crippen molar-refractivity contribution >= 4 is 44.8 Å². The van der Waals surface area contributed by atoms with Gasteiger partial charge in [-0.05, 0) is 36.4 Å². The molecule has 3 aromatic rings. The Bertz CT molecular complexity index is 1060. The second kappa shape index (κ2) is 8.36. The first-order valence-electron chi connectivity index (χ1n) is 7.95. The molecule has 0 aliphatic heterocycles. The second-order valence-electron chi connectivity index (χ2n) is 6.03. The first-order valence-corrected chi connectivity index (χ1v) is 10.6. The molecule has 0 bridgehead atoms. The summed E-state index contributed by atoms with van der Waals surface area (Å²) in [5.41, 5.74) is -1.41. The van der Waals surface area contributed by atoms with Gasteiger partial charge in [0.25, 0.3) is 0 Å². The molecule has 0 aliphatic rings. The zero-order valence-electron chi connectivity index (χ0n) is 14.3. The summed E-state index contributed by atoms with van der Waals surface area (Å²) in [5, 5.41) is 16.3. The summed E-state index contributed by atoms with van der Waals surface area (Å²) in [5.74, 6) is 0. The van der Waals surface area contributed by atoms with Crippen LogP contribution in [0.5, 0.6) is 0 Å². The topological polar surface area (TPSA) is 97.1 Å². The molecule has 2 N–H and O–H groups in total. The fourth-order valence-corrected chi connectivity index (χ4v) is 4.40. The molecule has 3 rings (SSSR count). The van der Waals surface area contributed by atoms with Gasteiger partial charge >= 0.3 is 0 Å². The molecule has 0 radical (unpaired) electrons. The molecular weight excluding hydrogens is 447 g/mol. The summed E-state index contributed by atoms with van der Waals surface area (Å²) in [6.45, 7) is -0.448. The van der Waals surface area contributed by atoms with Gasteiger partial charge in [0.15, 0.2) is 0 Å². The maximum atomic E-state index is 12.6. The summed E-state index contributed by atoms with van der Waals surface area (Å²) in [7, 11) is -3.90. The molecule has 28 heavy (non-hydrogen) atoms. The summed E-state index contributed by atoms with van der Waals surface area (Å²) < 4.78 is 29.0. The number of hydrogen-bond donors (Lipinski definition) is 2. The molecule has 1 heterocycles. The Kier molecular flexibility index (Phi) is 6.28. The smallest absolute Gasteiger partial charge is 0.240 e. The van der Waals surface area contributed by atoms with E-state index < -0.39 is 15.6 Å². The molecule has 11 heteroatoms. The van der Waals surface area contributed by atoms with Crippen molar-refractivity contribution in [2.75, 3.05) is 6.54 Å². The number of aromatic nitrogens is 3. The van der Waals surface area contributed by atoms with E-state index in [1.807, 2.05) is 0 Å².